The van der Waals surface area contributed by atoms with Gasteiger partial charge in [-0.25, -0.2) is 4.98 Å². The molecule has 4 nitrogen and oxygen atoms in total. The number of nitrogens with zero attached hydrogens (tertiary/aromatic N) is 1. The average Bonchev–Trinajstić information content (AvgIpc) is 3.33. The Hall–Kier alpha value is -1.65. The van der Waals surface area contributed by atoms with E-state index < -0.39 is 0 Å². The van der Waals surface area contributed by atoms with Crippen LogP contribution in [0.5, 0.6) is 0 Å². The summed E-state index contributed by atoms with van der Waals surface area (Å²) in [5.41, 5.74) is 1.29. The molecule has 1 saturated carbocycles. The lowest BCUT2D eigenvalue weighted by Crippen LogP contribution is -2.25. The topological polar surface area (TPSA) is 51.2 Å². The van der Waals surface area contributed by atoms with E-state index in [9.17, 15) is 4.79 Å². The molecule has 0 spiro atoms. The van der Waals surface area contributed by atoms with Crippen LogP contribution in [-0.2, 0) is 4.74 Å². The second kappa shape index (κ2) is 7.07. The monoisotopic (exact) mass is 318 g/mol. The fraction of sp³-hybridized carbons (Fsp3) is 0.412. The first-order valence-electron chi connectivity index (χ1n) is 7.65. The molecule has 1 fully saturated rings. The molecule has 22 heavy (non-hydrogen) atoms. The largest absolute Gasteiger partial charge is 0.381 e. The normalized spacial score (nSPS) is 14.2. The molecular weight excluding hydrogens is 300 g/mol. The number of para-hydroxylation sites is 1. The van der Waals surface area contributed by atoms with E-state index in [2.05, 4.69) is 10.3 Å². The SMILES string of the molecule is O=C(NCCCOCC1CC1)c1cc(Cl)nc2ccccc12. The quantitative estimate of drug-likeness (QED) is 0.628. The second-order valence-electron chi connectivity index (χ2n) is 5.64. The van der Waals surface area contributed by atoms with Crippen LogP contribution in [0.15, 0.2) is 30.3 Å². The standard InChI is InChI=1S/C17H19ClN2O2/c18-16-10-14(13-4-1-2-5-15(13)20-16)17(21)19-8-3-9-22-11-12-6-7-12/h1-2,4-5,10,12H,3,6-9,11H2,(H,19,21). The minimum atomic E-state index is -0.123. The minimum Gasteiger partial charge on any atom is -0.381 e. The summed E-state index contributed by atoms with van der Waals surface area (Å²) in [6.45, 7) is 2.14. The zero-order chi connectivity index (χ0) is 15.4. The van der Waals surface area contributed by atoms with Crippen molar-refractivity contribution in [2.75, 3.05) is 19.8 Å². The van der Waals surface area contributed by atoms with Crippen molar-refractivity contribution in [2.24, 2.45) is 5.92 Å². The van der Waals surface area contributed by atoms with Crippen LogP contribution in [0.2, 0.25) is 5.15 Å². The molecule has 2 aromatic rings. The van der Waals surface area contributed by atoms with Gasteiger partial charge in [-0.3, -0.25) is 4.79 Å². The number of benzene rings is 1. The predicted octanol–water partition coefficient (Wildman–Crippen LogP) is 3.43. The molecule has 1 aliphatic rings. The Bertz CT molecular complexity index is 671. The van der Waals surface area contributed by atoms with Crippen molar-refractivity contribution in [3.05, 3.63) is 41.0 Å². The van der Waals surface area contributed by atoms with Gasteiger partial charge in [-0.15, -0.1) is 0 Å². The molecule has 0 unspecified atom stereocenters. The van der Waals surface area contributed by atoms with Gasteiger partial charge in [0.05, 0.1) is 11.1 Å². The Morgan fingerprint density at radius 1 is 1.36 bits per heavy atom. The third-order valence-electron chi connectivity index (χ3n) is 3.73. The number of rotatable bonds is 7. The molecule has 3 rings (SSSR count). The molecule has 1 aromatic carbocycles. The van der Waals surface area contributed by atoms with E-state index in [-0.39, 0.29) is 5.91 Å². The number of hydrogen-bond donors (Lipinski definition) is 1. The summed E-state index contributed by atoms with van der Waals surface area (Å²) in [4.78, 5) is 16.6. The maximum Gasteiger partial charge on any atom is 0.252 e. The first-order chi connectivity index (χ1) is 10.7. The number of amides is 1. The van der Waals surface area contributed by atoms with Gasteiger partial charge < -0.3 is 10.1 Å². The van der Waals surface area contributed by atoms with Crippen LogP contribution < -0.4 is 5.32 Å². The van der Waals surface area contributed by atoms with Gasteiger partial charge in [0.25, 0.3) is 5.91 Å². The second-order valence-corrected chi connectivity index (χ2v) is 6.02. The Morgan fingerprint density at radius 2 is 2.18 bits per heavy atom. The van der Waals surface area contributed by atoms with Crippen molar-refractivity contribution in [1.29, 1.82) is 0 Å². The van der Waals surface area contributed by atoms with Gasteiger partial charge in [0.15, 0.2) is 0 Å². The predicted molar refractivity (Wildman–Crippen MR) is 87.2 cm³/mol. The summed E-state index contributed by atoms with van der Waals surface area (Å²) in [5, 5.41) is 4.06. The summed E-state index contributed by atoms with van der Waals surface area (Å²) in [5.74, 6) is 0.655. The lowest BCUT2D eigenvalue weighted by molar-refractivity contribution is 0.0939. The number of ether oxygens (including phenoxy) is 1. The summed E-state index contributed by atoms with van der Waals surface area (Å²) in [6, 6.07) is 9.11. The zero-order valence-electron chi connectivity index (χ0n) is 12.3. The first-order valence-corrected chi connectivity index (χ1v) is 8.03. The number of aromatic nitrogens is 1. The maximum absolute atomic E-state index is 12.3. The molecule has 116 valence electrons. The molecule has 1 N–H and O–H groups in total. The van der Waals surface area contributed by atoms with Crippen LogP contribution in [0.1, 0.15) is 29.6 Å². The van der Waals surface area contributed by atoms with Crippen molar-refractivity contribution in [2.45, 2.75) is 19.3 Å². The molecule has 1 heterocycles. The Labute approximate surface area is 134 Å². The fourth-order valence-corrected chi connectivity index (χ4v) is 2.54. The van der Waals surface area contributed by atoms with Crippen molar-refractivity contribution in [3.63, 3.8) is 0 Å². The molecule has 0 saturated heterocycles. The van der Waals surface area contributed by atoms with Gasteiger partial charge in [0.2, 0.25) is 0 Å². The van der Waals surface area contributed by atoms with Gasteiger partial charge in [0.1, 0.15) is 5.15 Å². The van der Waals surface area contributed by atoms with Crippen molar-refractivity contribution >= 4 is 28.4 Å². The van der Waals surface area contributed by atoms with Crippen LogP contribution in [0.3, 0.4) is 0 Å². The number of halogens is 1. The third-order valence-corrected chi connectivity index (χ3v) is 3.92. The Morgan fingerprint density at radius 3 is 3.00 bits per heavy atom. The molecule has 0 atom stereocenters. The Kier molecular flexibility index (Phi) is 4.90. The highest BCUT2D eigenvalue weighted by Gasteiger charge is 2.20. The highest BCUT2D eigenvalue weighted by molar-refractivity contribution is 6.30. The summed E-state index contributed by atoms with van der Waals surface area (Å²) >= 11 is 5.99. The van der Waals surface area contributed by atoms with Crippen molar-refractivity contribution in [1.82, 2.24) is 10.3 Å². The highest BCUT2D eigenvalue weighted by atomic mass is 35.5. The Balaban J connectivity index is 1.55. The van der Waals surface area contributed by atoms with E-state index in [0.29, 0.717) is 23.9 Å². The lowest BCUT2D eigenvalue weighted by atomic mass is 10.1. The van der Waals surface area contributed by atoms with E-state index in [1.54, 1.807) is 6.07 Å². The minimum absolute atomic E-state index is 0.123. The zero-order valence-corrected chi connectivity index (χ0v) is 13.1. The van der Waals surface area contributed by atoms with Crippen molar-refractivity contribution in [3.8, 4) is 0 Å². The van der Waals surface area contributed by atoms with Crippen LogP contribution >= 0.6 is 11.6 Å². The maximum atomic E-state index is 12.3. The van der Waals surface area contributed by atoms with Gasteiger partial charge in [-0.2, -0.15) is 0 Å². The summed E-state index contributed by atoms with van der Waals surface area (Å²) in [6.07, 6.45) is 3.41. The van der Waals surface area contributed by atoms with E-state index >= 15 is 0 Å². The van der Waals surface area contributed by atoms with Gasteiger partial charge in [0, 0.05) is 25.1 Å². The number of carbonyl (C=O) groups excluding carboxylic acids is 1. The first kappa shape index (κ1) is 15.3. The number of fused-ring (bicyclic) bond motifs is 1. The van der Waals surface area contributed by atoms with Crippen molar-refractivity contribution < 1.29 is 9.53 Å². The molecule has 0 radical (unpaired) electrons. The van der Waals surface area contributed by atoms with Gasteiger partial charge in [-0.05, 0) is 37.3 Å². The lowest BCUT2D eigenvalue weighted by Gasteiger charge is -2.09. The van der Waals surface area contributed by atoms with Crippen LogP contribution in [0, 0.1) is 5.92 Å². The van der Waals surface area contributed by atoms with Crippen LogP contribution in [0.25, 0.3) is 10.9 Å². The van der Waals surface area contributed by atoms with Gasteiger partial charge in [-0.1, -0.05) is 29.8 Å². The smallest absolute Gasteiger partial charge is 0.252 e. The van der Waals surface area contributed by atoms with Gasteiger partial charge >= 0.3 is 0 Å². The molecule has 1 aromatic heterocycles. The molecule has 0 aliphatic heterocycles. The molecular formula is C17H19ClN2O2. The molecule has 1 aliphatic carbocycles. The summed E-state index contributed by atoms with van der Waals surface area (Å²) in [7, 11) is 0. The number of hydrogen-bond acceptors (Lipinski definition) is 3. The van der Waals surface area contributed by atoms with E-state index in [4.69, 9.17) is 16.3 Å². The van der Waals surface area contributed by atoms with Crippen LogP contribution in [-0.4, -0.2) is 30.6 Å². The van der Waals surface area contributed by atoms with E-state index in [0.717, 1.165) is 29.8 Å². The van der Waals surface area contributed by atoms with E-state index in [1.807, 2.05) is 24.3 Å². The van der Waals surface area contributed by atoms with Crippen LogP contribution in [0.4, 0.5) is 0 Å². The molecule has 1 amide bonds. The molecule has 5 heteroatoms. The third kappa shape index (κ3) is 3.96. The average molecular weight is 319 g/mol. The molecule has 0 bridgehead atoms. The highest BCUT2D eigenvalue weighted by Crippen LogP contribution is 2.28. The number of carbonyl (C=O) groups is 1. The fourth-order valence-electron chi connectivity index (χ4n) is 2.34. The number of nitrogens with one attached hydrogen (secondary N) is 1. The number of pyridine rings is 1. The van der Waals surface area contributed by atoms with E-state index in [1.165, 1.54) is 12.8 Å². The summed E-state index contributed by atoms with van der Waals surface area (Å²) < 4.78 is 5.55.